The average Bonchev–Trinajstić information content (AvgIpc) is 2.14. The van der Waals surface area contributed by atoms with Crippen LogP contribution in [0.3, 0.4) is 0 Å². The molecule has 2 nitrogen and oxygen atoms in total. The van der Waals surface area contributed by atoms with E-state index in [1.54, 1.807) is 19.1 Å². The Labute approximate surface area is 99.4 Å². The Morgan fingerprint density at radius 1 is 1.25 bits per heavy atom. The highest BCUT2D eigenvalue weighted by atomic mass is 16.3. The quantitative estimate of drug-likeness (QED) is 0.711. The van der Waals surface area contributed by atoms with Crippen LogP contribution < -0.4 is 0 Å². The van der Waals surface area contributed by atoms with Gasteiger partial charge in [-0.1, -0.05) is 32.9 Å². The van der Waals surface area contributed by atoms with Crippen molar-refractivity contribution in [2.45, 2.75) is 65.1 Å². The van der Waals surface area contributed by atoms with Gasteiger partial charge < -0.3 is 10.2 Å². The van der Waals surface area contributed by atoms with Crippen molar-refractivity contribution in [2.24, 2.45) is 11.3 Å². The summed E-state index contributed by atoms with van der Waals surface area (Å²) in [6, 6.07) is 0. The molecule has 0 saturated heterocycles. The van der Waals surface area contributed by atoms with Crippen LogP contribution in [0.4, 0.5) is 0 Å². The molecule has 1 aliphatic carbocycles. The molecule has 0 spiro atoms. The minimum atomic E-state index is -0.682. The van der Waals surface area contributed by atoms with E-state index >= 15 is 0 Å². The number of aliphatic hydroxyl groups excluding tert-OH is 1. The Kier molecular flexibility index (Phi) is 4.19. The summed E-state index contributed by atoms with van der Waals surface area (Å²) in [6.07, 6.45) is 6.79. The zero-order valence-electron chi connectivity index (χ0n) is 11.0. The van der Waals surface area contributed by atoms with Gasteiger partial charge in [-0.25, -0.2) is 0 Å². The second kappa shape index (κ2) is 4.89. The summed E-state index contributed by atoms with van der Waals surface area (Å²) in [5, 5.41) is 19.5. The first-order valence-electron chi connectivity index (χ1n) is 6.33. The Balaban J connectivity index is 2.53. The molecule has 0 aromatic rings. The summed E-state index contributed by atoms with van der Waals surface area (Å²) in [6.45, 7) is 8.52. The predicted molar refractivity (Wildman–Crippen MR) is 67.2 cm³/mol. The molecule has 1 saturated carbocycles. The fourth-order valence-corrected chi connectivity index (χ4v) is 2.47. The largest absolute Gasteiger partial charge is 0.389 e. The van der Waals surface area contributed by atoms with Crippen molar-refractivity contribution in [1.29, 1.82) is 0 Å². The zero-order valence-corrected chi connectivity index (χ0v) is 11.0. The molecule has 1 atom stereocenters. The standard InChI is InChI=1S/C14H26O2/c1-11(15)5-8-14(16)9-6-12(7-10-14)13(2,3)4/h5,8,11-12,15-16H,6-7,9-10H2,1-4H3/b8-5+. The molecule has 1 aliphatic rings. The maximum Gasteiger partial charge on any atom is 0.0828 e. The highest BCUT2D eigenvalue weighted by Crippen LogP contribution is 2.41. The van der Waals surface area contributed by atoms with Gasteiger partial charge >= 0.3 is 0 Å². The second-order valence-corrected chi connectivity index (χ2v) is 6.34. The van der Waals surface area contributed by atoms with Crippen molar-refractivity contribution in [2.75, 3.05) is 0 Å². The molecule has 1 unspecified atom stereocenters. The Morgan fingerprint density at radius 2 is 1.75 bits per heavy atom. The average molecular weight is 226 g/mol. The van der Waals surface area contributed by atoms with Crippen molar-refractivity contribution in [1.82, 2.24) is 0 Å². The normalized spacial score (nSPS) is 34.2. The highest BCUT2D eigenvalue weighted by molar-refractivity contribution is 5.05. The lowest BCUT2D eigenvalue weighted by Crippen LogP contribution is -2.36. The van der Waals surface area contributed by atoms with Crippen LogP contribution in [-0.2, 0) is 0 Å². The van der Waals surface area contributed by atoms with Gasteiger partial charge in [0.15, 0.2) is 0 Å². The Bertz CT molecular complexity index is 240. The molecule has 2 N–H and O–H groups in total. The zero-order chi connectivity index (χ0) is 12.4. The monoisotopic (exact) mass is 226 g/mol. The molecular formula is C14H26O2. The summed E-state index contributed by atoms with van der Waals surface area (Å²) in [4.78, 5) is 0. The van der Waals surface area contributed by atoms with Gasteiger partial charge in [0.1, 0.15) is 0 Å². The van der Waals surface area contributed by atoms with Gasteiger partial charge in [0, 0.05) is 0 Å². The molecule has 0 aromatic heterocycles. The SMILES string of the molecule is CC(O)/C=C/C1(O)CCC(C(C)(C)C)CC1. The molecule has 16 heavy (non-hydrogen) atoms. The lowest BCUT2D eigenvalue weighted by Gasteiger charge is -2.40. The lowest BCUT2D eigenvalue weighted by molar-refractivity contribution is 0.0129. The summed E-state index contributed by atoms with van der Waals surface area (Å²) in [5.74, 6) is 0.702. The molecular weight excluding hydrogens is 200 g/mol. The third-order valence-electron chi connectivity index (χ3n) is 3.76. The van der Waals surface area contributed by atoms with Gasteiger partial charge in [0.05, 0.1) is 11.7 Å². The number of rotatable bonds is 2. The summed E-state index contributed by atoms with van der Waals surface area (Å²) < 4.78 is 0. The fraction of sp³-hybridized carbons (Fsp3) is 0.857. The third kappa shape index (κ3) is 3.91. The molecule has 0 amide bonds. The highest BCUT2D eigenvalue weighted by Gasteiger charge is 2.35. The molecule has 1 fully saturated rings. The summed E-state index contributed by atoms with van der Waals surface area (Å²) in [5.41, 5.74) is -0.339. The summed E-state index contributed by atoms with van der Waals surface area (Å²) >= 11 is 0. The maximum atomic E-state index is 10.3. The van der Waals surface area contributed by atoms with Crippen LogP contribution in [0.2, 0.25) is 0 Å². The van der Waals surface area contributed by atoms with E-state index in [-0.39, 0.29) is 0 Å². The van der Waals surface area contributed by atoms with Crippen LogP contribution in [0.5, 0.6) is 0 Å². The van der Waals surface area contributed by atoms with E-state index in [1.807, 2.05) is 0 Å². The molecule has 2 heteroatoms. The Morgan fingerprint density at radius 3 is 2.12 bits per heavy atom. The number of hydrogen-bond acceptors (Lipinski definition) is 2. The molecule has 0 heterocycles. The van der Waals surface area contributed by atoms with Gasteiger partial charge in [0.2, 0.25) is 0 Å². The molecule has 0 radical (unpaired) electrons. The van der Waals surface area contributed by atoms with E-state index in [0.717, 1.165) is 25.7 Å². The van der Waals surface area contributed by atoms with E-state index in [0.29, 0.717) is 11.3 Å². The van der Waals surface area contributed by atoms with Crippen molar-refractivity contribution in [3.05, 3.63) is 12.2 Å². The van der Waals surface area contributed by atoms with Crippen LogP contribution in [0.25, 0.3) is 0 Å². The van der Waals surface area contributed by atoms with Gasteiger partial charge in [-0.3, -0.25) is 0 Å². The smallest absolute Gasteiger partial charge is 0.0828 e. The van der Waals surface area contributed by atoms with Gasteiger partial charge in [-0.2, -0.15) is 0 Å². The topological polar surface area (TPSA) is 40.5 Å². The minimum absolute atomic E-state index is 0.343. The molecule has 0 bridgehead atoms. The first-order chi connectivity index (χ1) is 7.23. The van der Waals surface area contributed by atoms with Gasteiger partial charge in [-0.15, -0.1) is 0 Å². The van der Waals surface area contributed by atoms with Crippen LogP contribution >= 0.6 is 0 Å². The van der Waals surface area contributed by atoms with Crippen molar-refractivity contribution in [3.63, 3.8) is 0 Å². The lowest BCUT2D eigenvalue weighted by atomic mass is 9.68. The fourth-order valence-electron chi connectivity index (χ4n) is 2.47. The predicted octanol–water partition coefficient (Wildman–Crippen LogP) is 2.89. The van der Waals surface area contributed by atoms with Crippen molar-refractivity contribution >= 4 is 0 Å². The Hall–Kier alpha value is -0.340. The van der Waals surface area contributed by atoms with Gasteiger partial charge in [-0.05, 0) is 43.9 Å². The first kappa shape index (κ1) is 13.7. The van der Waals surface area contributed by atoms with Crippen LogP contribution in [-0.4, -0.2) is 21.9 Å². The van der Waals surface area contributed by atoms with E-state index in [2.05, 4.69) is 20.8 Å². The maximum absolute atomic E-state index is 10.3. The van der Waals surface area contributed by atoms with E-state index < -0.39 is 11.7 Å². The molecule has 94 valence electrons. The second-order valence-electron chi connectivity index (χ2n) is 6.34. The minimum Gasteiger partial charge on any atom is -0.389 e. The van der Waals surface area contributed by atoms with E-state index in [9.17, 15) is 10.2 Å². The molecule has 0 aromatic carbocycles. The number of hydrogen-bond donors (Lipinski definition) is 2. The van der Waals surface area contributed by atoms with Crippen LogP contribution in [0.15, 0.2) is 12.2 Å². The van der Waals surface area contributed by atoms with Gasteiger partial charge in [0.25, 0.3) is 0 Å². The van der Waals surface area contributed by atoms with E-state index in [4.69, 9.17) is 0 Å². The van der Waals surface area contributed by atoms with E-state index in [1.165, 1.54) is 0 Å². The third-order valence-corrected chi connectivity index (χ3v) is 3.76. The van der Waals surface area contributed by atoms with Crippen molar-refractivity contribution < 1.29 is 10.2 Å². The van der Waals surface area contributed by atoms with Crippen LogP contribution in [0.1, 0.15) is 53.4 Å². The van der Waals surface area contributed by atoms with Crippen LogP contribution in [0, 0.1) is 11.3 Å². The molecule has 1 rings (SSSR count). The van der Waals surface area contributed by atoms with Crippen molar-refractivity contribution in [3.8, 4) is 0 Å². The first-order valence-corrected chi connectivity index (χ1v) is 6.33. The molecule has 0 aliphatic heterocycles. The number of aliphatic hydroxyl groups is 2. The summed E-state index contributed by atoms with van der Waals surface area (Å²) in [7, 11) is 0.